The Kier molecular flexibility index (Phi) is 6.87. The van der Waals surface area contributed by atoms with Gasteiger partial charge in [0.25, 0.3) is 0 Å². The lowest BCUT2D eigenvalue weighted by Gasteiger charge is -2.18. The first-order chi connectivity index (χ1) is 14.3. The minimum atomic E-state index is -0.0448. The third-order valence-electron chi connectivity index (χ3n) is 4.72. The molecule has 0 aliphatic carbocycles. The number of rotatable bonds is 8. The van der Waals surface area contributed by atoms with Crippen molar-refractivity contribution in [2.75, 3.05) is 11.9 Å². The van der Waals surface area contributed by atoms with Crippen LogP contribution >= 0.6 is 0 Å². The molecule has 0 fully saturated rings. The molecule has 3 rings (SSSR count). The first kappa shape index (κ1) is 21.6. The fourth-order valence-corrected chi connectivity index (χ4v) is 3.02. The molecule has 0 saturated heterocycles. The van der Waals surface area contributed by atoms with Crippen LogP contribution in [0.1, 0.15) is 52.0 Å². The molecule has 0 unspecified atom stereocenters. The SMILES string of the molecule is CCOc1ccc(NC(=O)CCCc2nc(-c3ccc(C(C)(C)C)cc3)no2)cc1. The Morgan fingerprint density at radius 2 is 1.77 bits per heavy atom. The normalized spacial score (nSPS) is 11.3. The highest BCUT2D eigenvalue weighted by Gasteiger charge is 2.15. The van der Waals surface area contributed by atoms with Crippen molar-refractivity contribution in [3.05, 3.63) is 60.0 Å². The highest BCUT2D eigenvalue weighted by molar-refractivity contribution is 5.90. The topological polar surface area (TPSA) is 77.2 Å². The highest BCUT2D eigenvalue weighted by Crippen LogP contribution is 2.25. The molecule has 0 radical (unpaired) electrons. The Labute approximate surface area is 177 Å². The number of nitrogens with zero attached hydrogens (tertiary/aromatic N) is 2. The number of hydrogen-bond donors (Lipinski definition) is 1. The average molecular weight is 408 g/mol. The summed E-state index contributed by atoms with van der Waals surface area (Å²) in [5, 5.41) is 6.95. The number of hydrogen-bond acceptors (Lipinski definition) is 5. The van der Waals surface area contributed by atoms with E-state index in [0.717, 1.165) is 17.0 Å². The monoisotopic (exact) mass is 407 g/mol. The molecule has 158 valence electrons. The summed E-state index contributed by atoms with van der Waals surface area (Å²) < 4.78 is 10.7. The number of anilines is 1. The number of carbonyl (C=O) groups excluding carboxylic acids is 1. The van der Waals surface area contributed by atoms with Gasteiger partial charge in [0.1, 0.15) is 5.75 Å². The number of benzene rings is 2. The zero-order valence-corrected chi connectivity index (χ0v) is 18.1. The second kappa shape index (κ2) is 9.57. The number of nitrogens with one attached hydrogen (secondary N) is 1. The van der Waals surface area contributed by atoms with Crippen LogP contribution in [0.4, 0.5) is 5.69 Å². The van der Waals surface area contributed by atoms with Gasteiger partial charge in [0, 0.05) is 24.1 Å². The summed E-state index contributed by atoms with van der Waals surface area (Å²) in [6, 6.07) is 15.6. The summed E-state index contributed by atoms with van der Waals surface area (Å²) in [7, 11) is 0. The Balaban J connectivity index is 1.47. The first-order valence-electron chi connectivity index (χ1n) is 10.3. The molecule has 2 aromatic carbocycles. The van der Waals surface area contributed by atoms with E-state index in [1.165, 1.54) is 5.56 Å². The van der Waals surface area contributed by atoms with Crippen molar-refractivity contribution >= 4 is 11.6 Å². The lowest BCUT2D eigenvalue weighted by Crippen LogP contribution is -2.11. The van der Waals surface area contributed by atoms with Crippen molar-refractivity contribution in [3.8, 4) is 17.1 Å². The van der Waals surface area contributed by atoms with E-state index in [1.54, 1.807) is 0 Å². The molecule has 1 N–H and O–H groups in total. The molecular weight excluding hydrogens is 378 g/mol. The van der Waals surface area contributed by atoms with E-state index in [2.05, 4.69) is 48.4 Å². The predicted molar refractivity (Wildman–Crippen MR) is 118 cm³/mol. The molecule has 6 heteroatoms. The maximum atomic E-state index is 12.1. The summed E-state index contributed by atoms with van der Waals surface area (Å²) in [6.07, 6.45) is 1.57. The molecule has 0 aliphatic rings. The number of aryl methyl sites for hydroxylation is 1. The first-order valence-corrected chi connectivity index (χ1v) is 10.3. The van der Waals surface area contributed by atoms with Gasteiger partial charge in [0.2, 0.25) is 17.6 Å². The van der Waals surface area contributed by atoms with Gasteiger partial charge in [0.05, 0.1) is 6.61 Å². The Bertz CT molecular complexity index is 955. The molecule has 0 aliphatic heterocycles. The van der Waals surface area contributed by atoms with E-state index >= 15 is 0 Å². The van der Waals surface area contributed by atoms with Crippen LogP contribution in [0.2, 0.25) is 0 Å². The number of aromatic nitrogens is 2. The number of ether oxygens (including phenoxy) is 1. The Morgan fingerprint density at radius 3 is 2.40 bits per heavy atom. The second-order valence-corrected chi connectivity index (χ2v) is 8.20. The van der Waals surface area contributed by atoms with Gasteiger partial charge in [-0.15, -0.1) is 0 Å². The van der Waals surface area contributed by atoms with Crippen molar-refractivity contribution in [2.45, 2.75) is 52.4 Å². The van der Waals surface area contributed by atoms with E-state index in [1.807, 2.05) is 43.3 Å². The van der Waals surface area contributed by atoms with Crippen LogP contribution in [0.5, 0.6) is 5.75 Å². The molecule has 0 spiro atoms. The van der Waals surface area contributed by atoms with E-state index in [-0.39, 0.29) is 11.3 Å². The maximum Gasteiger partial charge on any atom is 0.226 e. The van der Waals surface area contributed by atoms with Crippen molar-refractivity contribution in [1.29, 1.82) is 0 Å². The summed E-state index contributed by atoms with van der Waals surface area (Å²) in [5.74, 6) is 1.86. The van der Waals surface area contributed by atoms with Gasteiger partial charge in [-0.1, -0.05) is 50.2 Å². The van der Waals surface area contributed by atoms with Crippen molar-refractivity contribution < 1.29 is 14.1 Å². The molecule has 30 heavy (non-hydrogen) atoms. The fraction of sp³-hybridized carbons (Fsp3) is 0.375. The average Bonchev–Trinajstić information content (AvgIpc) is 3.18. The van der Waals surface area contributed by atoms with Crippen molar-refractivity contribution in [2.24, 2.45) is 0 Å². The van der Waals surface area contributed by atoms with Crippen LogP contribution in [0, 0.1) is 0 Å². The van der Waals surface area contributed by atoms with Crippen LogP contribution in [-0.2, 0) is 16.6 Å². The van der Waals surface area contributed by atoms with E-state index in [0.29, 0.717) is 37.6 Å². The van der Waals surface area contributed by atoms with Crippen LogP contribution in [-0.4, -0.2) is 22.7 Å². The molecule has 6 nitrogen and oxygen atoms in total. The van der Waals surface area contributed by atoms with Gasteiger partial charge in [-0.3, -0.25) is 4.79 Å². The maximum absolute atomic E-state index is 12.1. The molecule has 1 heterocycles. The van der Waals surface area contributed by atoms with Crippen LogP contribution in [0.3, 0.4) is 0 Å². The minimum absolute atomic E-state index is 0.0448. The summed E-state index contributed by atoms with van der Waals surface area (Å²) in [6.45, 7) is 9.09. The van der Waals surface area contributed by atoms with Gasteiger partial charge in [-0.2, -0.15) is 4.98 Å². The molecule has 1 aromatic heterocycles. The smallest absolute Gasteiger partial charge is 0.226 e. The second-order valence-electron chi connectivity index (χ2n) is 8.20. The molecular formula is C24H29N3O3. The molecule has 3 aromatic rings. The quantitative estimate of drug-likeness (QED) is 0.541. The minimum Gasteiger partial charge on any atom is -0.494 e. The van der Waals surface area contributed by atoms with E-state index in [9.17, 15) is 4.79 Å². The third-order valence-corrected chi connectivity index (χ3v) is 4.72. The van der Waals surface area contributed by atoms with Gasteiger partial charge in [0.15, 0.2) is 0 Å². The zero-order valence-electron chi connectivity index (χ0n) is 18.1. The zero-order chi connectivity index (χ0) is 21.6. The highest BCUT2D eigenvalue weighted by atomic mass is 16.5. The lowest BCUT2D eigenvalue weighted by atomic mass is 9.87. The predicted octanol–water partition coefficient (Wildman–Crippen LogP) is 5.39. The van der Waals surface area contributed by atoms with Gasteiger partial charge >= 0.3 is 0 Å². The number of amides is 1. The largest absolute Gasteiger partial charge is 0.494 e. The van der Waals surface area contributed by atoms with Crippen LogP contribution in [0.25, 0.3) is 11.4 Å². The Hall–Kier alpha value is -3.15. The standard InChI is InChI=1S/C24H29N3O3/c1-5-29-20-15-13-19(14-16-20)25-21(28)7-6-8-22-26-23(27-30-22)17-9-11-18(12-10-17)24(2,3)4/h9-16H,5-8H2,1-4H3,(H,25,28). The van der Waals surface area contributed by atoms with Gasteiger partial charge in [-0.05, 0) is 48.6 Å². The van der Waals surface area contributed by atoms with Gasteiger partial charge in [-0.25, -0.2) is 0 Å². The summed E-state index contributed by atoms with van der Waals surface area (Å²) in [5.41, 5.74) is 3.04. The lowest BCUT2D eigenvalue weighted by molar-refractivity contribution is -0.116. The van der Waals surface area contributed by atoms with Crippen molar-refractivity contribution in [1.82, 2.24) is 10.1 Å². The summed E-state index contributed by atoms with van der Waals surface area (Å²) in [4.78, 5) is 16.6. The summed E-state index contributed by atoms with van der Waals surface area (Å²) >= 11 is 0. The van der Waals surface area contributed by atoms with E-state index < -0.39 is 0 Å². The van der Waals surface area contributed by atoms with Crippen LogP contribution in [0.15, 0.2) is 53.1 Å². The Morgan fingerprint density at radius 1 is 1.07 bits per heavy atom. The fourth-order valence-electron chi connectivity index (χ4n) is 3.02. The van der Waals surface area contributed by atoms with Gasteiger partial charge < -0.3 is 14.6 Å². The van der Waals surface area contributed by atoms with E-state index in [4.69, 9.17) is 9.26 Å². The molecule has 1 amide bonds. The number of carbonyl (C=O) groups is 1. The molecule has 0 bridgehead atoms. The van der Waals surface area contributed by atoms with Crippen LogP contribution < -0.4 is 10.1 Å². The third kappa shape index (κ3) is 5.92. The molecule has 0 saturated carbocycles. The van der Waals surface area contributed by atoms with Crippen molar-refractivity contribution in [3.63, 3.8) is 0 Å². The molecule has 0 atom stereocenters.